The second kappa shape index (κ2) is 15.4. The zero-order valence-electron chi connectivity index (χ0n) is 26.4. The van der Waals surface area contributed by atoms with Crippen molar-refractivity contribution in [2.45, 2.75) is 0 Å². The predicted molar refractivity (Wildman–Crippen MR) is 184 cm³/mol. The molecule has 2 heterocycles. The van der Waals surface area contributed by atoms with Gasteiger partial charge in [-0.05, 0) is 48.5 Å². The van der Waals surface area contributed by atoms with Gasteiger partial charge in [-0.2, -0.15) is 0 Å². The predicted octanol–water partition coefficient (Wildman–Crippen LogP) is 9.15. The van der Waals surface area contributed by atoms with E-state index in [1.54, 1.807) is 121 Å². The molecule has 4 aromatic carbocycles. The lowest BCUT2D eigenvalue weighted by molar-refractivity contribution is -0.0681. The molecule has 0 unspecified atom stereocenters. The fourth-order valence-electron chi connectivity index (χ4n) is 4.80. The summed E-state index contributed by atoms with van der Waals surface area (Å²) in [5, 5.41) is 0. The normalized spacial score (nSPS) is 24.2. The molecule has 0 radical (unpaired) electrons. The van der Waals surface area contributed by atoms with Gasteiger partial charge in [0.15, 0.2) is 0 Å². The third-order valence-electron chi connectivity index (χ3n) is 7.52. The molecule has 2 fully saturated rings. The van der Waals surface area contributed by atoms with Gasteiger partial charge in [-0.3, -0.25) is 9.13 Å². The van der Waals surface area contributed by atoms with Crippen LogP contribution >= 0.6 is 30.4 Å². The van der Waals surface area contributed by atoms with Crippen LogP contribution in [-0.2, 0) is 36.4 Å². The molecule has 0 N–H and O–H groups in total. The molecule has 2 aliphatic heterocycles. The van der Waals surface area contributed by atoms with Crippen LogP contribution in [0.25, 0.3) is 0 Å². The van der Waals surface area contributed by atoms with E-state index in [1.807, 2.05) is 0 Å². The highest BCUT2D eigenvalue weighted by atomic mass is 31.2. The average molecular weight is 749 g/mol. The van der Waals surface area contributed by atoms with Crippen molar-refractivity contribution < 1.29 is 54.5 Å². The van der Waals surface area contributed by atoms with E-state index in [0.29, 0.717) is 23.0 Å². The van der Waals surface area contributed by atoms with Gasteiger partial charge in [0.1, 0.15) is 23.0 Å². The quantitative estimate of drug-likeness (QED) is 0.114. The Morgan fingerprint density at radius 1 is 0.469 bits per heavy atom. The summed E-state index contributed by atoms with van der Waals surface area (Å²) in [7, 11) is -15.2. The SMILES string of the molecule is O=P1(CCP(=O)(Oc2ccccc2)Oc2ccccc2)OCC2(CO1)COP(=O)(CCP(=O)(Oc1ccccc1)Oc1ccccc1)OC2. The van der Waals surface area contributed by atoms with Crippen LogP contribution in [0.4, 0.5) is 0 Å². The minimum Gasteiger partial charge on any atom is -0.416 e. The lowest BCUT2D eigenvalue weighted by Crippen LogP contribution is -2.46. The first-order valence-electron chi connectivity index (χ1n) is 15.5. The standard InChI is InChI=1S/C33H36O12P4/c34-46(21-23-48(36,42-29-13-5-1-6-14-29)43-30-15-7-2-8-16-30)38-25-33(26-39-46)27-40-47(35,41-28-33)22-24-49(37,44-31-17-9-3-10-18-31)45-32-19-11-4-12-20-32/h1-20H,21-28H2. The molecule has 0 saturated carbocycles. The molecular weight excluding hydrogens is 712 g/mol. The molecule has 2 saturated heterocycles. The molecule has 2 aliphatic rings. The van der Waals surface area contributed by atoms with Gasteiger partial charge >= 0.3 is 30.4 Å². The van der Waals surface area contributed by atoms with Gasteiger partial charge in [0.25, 0.3) is 0 Å². The van der Waals surface area contributed by atoms with Crippen LogP contribution in [0.1, 0.15) is 0 Å². The Kier molecular flexibility index (Phi) is 11.2. The molecule has 0 aromatic heterocycles. The summed E-state index contributed by atoms with van der Waals surface area (Å²) in [4.78, 5) is 0. The summed E-state index contributed by atoms with van der Waals surface area (Å²) in [6, 6.07) is 34.2. The third kappa shape index (κ3) is 9.97. The van der Waals surface area contributed by atoms with Crippen molar-refractivity contribution >= 4 is 30.4 Å². The van der Waals surface area contributed by atoms with Crippen LogP contribution in [0, 0.1) is 5.41 Å². The van der Waals surface area contributed by atoms with E-state index in [0.717, 1.165) is 0 Å². The van der Waals surface area contributed by atoms with Crippen LogP contribution in [0.15, 0.2) is 121 Å². The van der Waals surface area contributed by atoms with Crippen LogP contribution < -0.4 is 18.1 Å². The average Bonchev–Trinajstić information content (AvgIpc) is 3.11. The molecule has 49 heavy (non-hydrogen) atoms. The van der Waals surface area contributed by atoms with Gasteiger partial charge in [-0.1, -0.05) is 72.8 Å². The molecule has 4 aromatic rings. The number of para-hydroxylation sites is 4. The minimum atomic E-state index is -3.86. The Labute approximate surface area is 285 Å². The number of benzene rings is 4. The summed E-state index contributed by atoms with van der Waals surface area (Å²) in [5.41, 5.74) is -0.892. The van der Waals surface area contributed by atoms with E-state index in [2.05, 4.69) is 0 Å². The highest BCUT2D eigenvalue weighted by molar-refractivity contribution is 7.59. The second-order valence-electron chi connectivity index (χ2n) is 11.5. The van der Waals surface area contributed by atoms with Crippen molar-refractivity contribution in [2.75, 3.05) is 51.1 Å². The lowest BCUT2D eigenvalue weighted by Gasteiger charge is -2.43. The van der Waals surface area contributed by atoms with Crippen LogP contribution in [0.5, 0.6) is 23.0 Å². The summed E-state index contributed by atoms with van der Waals surface area (Å²) in [6.45, 7) is -0.332. The highest BCUT2D eigenvalue weighted by Gasteiger charge is 2.50. The second-order valence-corrected chi connectivity index (χ2v) is 20.0. The Bertz CT molecular complexity index is 1610. The van der Waals surface area contributed by atoms with Gasteiger partial charge in [0, 0.05) is 0 Å². The lowest BCUT2D eigenvalue weighted by atomic mass is 9.93. The molecule has 6 rings (SSSR count). The van der Waals surface area contributed by atoms with E-state index in [4.69, 9.17) is 36.2 Å². The Balaban J connectivity index is 1.04. The first kappa shape index (κ1) is 35.7. The van der Waals surface area contributed by atoms with Crippen LogP contribution in [0.3, 0.4) is 0 Å². The third-order valence-corrected chi connectivity index (χ3v) is 15.4. The summed E-state index contributed by atoms with van der Waals surface area (Å²) in [5.74, 6) is 1.33. The number of rotatable bonds is 14. The molecule has 260 valence electrons. The summed E-state index contributed by atoms with van der Waals surface area (Å²) in [6.07, 6.45) is -0.977. The molecule has 0 atom stereocenters. The van der Waals surface area contributed by atoms with Crippen molar-refractivity contribution in [3.63, 3.8) is 0 Å². The van der Waals surface area contributed by atoms with E-state index >= 15 is 0 Å². The number of hydrogen-bond donors (Lipinski definition) is 0. The van der Waals surface area contributed by atoms with Gasteiger partial charge in [0.2, 0.25) is 0 Å². The first-order valence-corrected chi connectivity index (χ1v) is 22.4. The Morgan fingerprint density at radius 3 is 0.959 bits per heavy atom. The largest absolute Gasteiger partial charge is 0.431 e. The molecular formula is C33H36O12P4. The van der Waals surface area contributed by atoms with Crippen molar-refractivity contribution in [2.24, 2.45) is 5.41 Å². The molecule has 12 nitrogen and oxygen atoms in total. The van der Waals surface area contributed by atoms with Crippen molar-refractivity contribution in [3.8, 4) is 23.0 Å². The first-order chi connectivity index (χ1) is 23.6. The van der Waals surface area contributed by atoms with E-state index in [9.17, 15) is 18.3 Å². The molecule has 0 aliphatic carbocycles. The van der Waals surface area contributed by atoms with Gasteiger partial charge < -0.3 is 36.2 Å². The van der Waals surface area contributed by atoms with Crippen LogP contribution in [-0.4, -0.2) is 51.1 Å². The van der Waals surface area contributed by atoms with E-state index in [-0.39, 0.29) is 51.1 Å². The molecule has 0 bridgehead atoms. The summed E-state index contributed by atoms with van der Waals surface area (Å²) >= 11 is 0. The van der Waals surface area contributed by atoms with Gasteiger partial charge in [0.05, 0.1) is 56.5 Å². The topological polar surface area (TPSA) is 142 Å². The fourth-order valence-corrected chi connectivity index (χ4v) is 13.5. The fraction of sp³-hybridized carbons (Fsp3) is 0.273. The van der Waals surface area contributed by atoms with Crippen molar-refractivity contribution in [3.05, 3.63) is 121 Å². The maximum atomic E-state index is 13.9. The maximum absolute atomic E-state index is 13.9. The van der Waals surface area contributed by atoms with Crippen LogP contribution in [0.2, 0.25) is 0 Å². The van der Waals surface area contributed by atoms with E-state index in [1.165, 1.54) is 0 Å². The van der Waals surface area contributed by atoms with Crippen molar-refractivity contribution in [1.82, 2.24) is 0 Å². The summed E-state index contributed by atoms with van der Waals surface area (Å²) < 4.78 is 101. The molecule has 0 amide bonds. The van der Waals surface area contributed by atoms with Crippen molar-refractivity contribution in [1.29, 1.82) is 0 Å². The van der Waals surface area contributed by atoms with E-state index < -0.39 is 35.8 Å². The number of hydrogen-bond acceptors (Lipinski definition) is 12. The molecule has 1 spiro atoms. The monoisotopic (exact) mass is 748 g/mol. The smallest absolute Gasteiger partial charge is 0.416 e. The highest BCUT2D eigenvalue weighted by Crippen LogP contribution is 2.62. The van der Waals surface area contributed by atoms with Gasteiger partial charge in [-0.25, -0.2) is 9.13 Å². The zero-order chi connectivity index (χ0) is 34.3. The Hall–Kier alpha value is -3.16. The Morgan fingerprint density at radius 2 is 0.714 bits per heavy atom. The maximum Gasteiger partial charge on any atom is 0.431 e. The molecule has 16 heteroatoms. The zero-order valence-corrected chi connectivity index (χ0v) is 30.0. The minimum absolute atomic E-state index is 0.0829. The van der Waals surface area contributed by atoms with Gasteiger partial charge in [-0.15, -0.1) is 0 Å².